The largest absolute Gasteiger partial charge is 0.326 e. The molecule has 0 bridgehead atoms. The minimum atomic E-state index is -0.356. The van der Waals surface area contributed by atoms with Gasteiger partial charge in [0.15, 0.2) is 0 Å². The van der Waals surface area contributed by atoms with Crippen molar-refractivity contribution in [2.45, 2.75) is 39.0 Å². The number of fused-ring (bicyclic) bond motifs is 1. The second kappa shape index (κ2) is 8.08. The molecule has 1 aromatic rings. The summed E-state index contributed by atoms with van der Waals surface area (Å²) < 4.78 is 0. The van der Waals surface area contributed by atoms with Gasteiger partial charge in [-0.1, -0.05) is 6.92 Å². The Balaban J connectivity index is 1.41. The van der Waals surface area contributed by atoms with Crippen LogP contribution in [0, 0.1) is 5.92 Å². The summed E-state index contributed by atoms with van der Waals surface area (Å²) in [6, 6.07) is 1.57. The van der Waals surface area contributed by atoms with Crippen LogP contribution in [0.3, 0.4) is 0 Å². The van der Waals surface area contributed by atoms with Crippen LogP contribution in [0.4, 0.5) is 4.79 Å². The van der Waals surface area contributed by atoms with Crippen molar-refractivity contribution in [2.24, 2.45) is 5.92 Å². The predicted molar refractivity (Wildman–Crippen MR) is 100 cm³/mol. The summed E-state index contributed by atoms with van der Waals surface area (Å²) >= 11 is 1.48. The summed E-state index contributed by atoms with van der Waals surface area (Å²) in [5, 5.41) is 0. The van der Waals surface area contributed by atoms with Crippen LogP contribution in [0.5, 0.6) is 0 Å². The maximum absolute atomic E-state index is 12.2. The van der Waals surface area contributed by atoms with Crippen LogP contribution in [0.25, 0.3) is 0 Å². The van der Waals surface area contributed by atoms with Crippen LogP contribution in [-0.2, 0) is 22.4 Å². The molecule has 1 fully saturated rings. The molecule has 1 aliphatic heterocycles. The molecule has 0 spiro atoms. The molecule has 2 aliphatic rings. The highest BCUT2D eigenvalue weighted by atomic mass is 32.1. The minimum Gasteiger partial charge on any atom is -0.318 e. The van der Waals surface area contributed by atoms with Gasteiger partial charge in [-0.2, -0.15) is 0 Å². The van der Waals surface area contributed by atoms with Gasteiger partial charge in [0.1, 0.15) is 6.54 Å². The number of hydrogen-bond acceptors (Lipinski definition) is 5. The maximum atomic E-state index is 12.2. The highest BCUT2D eigenvalue weighted by Crippen LogP contribution is 2.32. The van der Waals surface area contributed by atoms with Gasteiger partial charge in [-0.25, -0.2) is 4.79 Å². The lowest BCUT2D eigenvalue weighted by molar-refractivity contribution is -0.126. The Bertz CT molecular complexity index is 775. The Labute approximate surface area is 161 Å². The van der Waals surface area contributed by atoms with E-state index in [-0.39, 0.29) is 43.3 Å². The number of rotatable bonds is 5. The average Bonchev–Trinajstić information content (AvgIpc) is 3.15. The lowest BCUT2D eigenvalue weighted by Gasteiger charge is -2.16. The second-order valence-corrected chi connectivity index (χ2v) is 8.33. The van der Waals surface area contributed by atoms with Crippen LogP contribution < -0.4 is 10.9 Å². The zero-order valence-corrected chi connectivity index (χ0v) is 16.4. The van der Waals surface area contributed by atoms with Crippen molar-refractivity contribution in [3.63, 3.8) is 0 Å². The van der Waals surface area contributed by atoms with Crippen LogP contribution in [0.15, 0.2) is 6.07 Å². The number of carbonyl (C=O) groups is 4. The molecule has 3 rings (SSSR count). The third-order valence-corrected chi connectivity index (χ3v) is 6.12. The second-order valence-electron chi connectivity index (χ2n) is 7.20. The van der Waals surface area contributed by atoms with Crippen molar-refractivity contribution in [1.29, 1.82) is 0 Å². The van der Waals surface area contributed by atoms with E-state index in [2.05, 4.69) is 17.8 Å². The summed E-state index contributed by atoms with van der Waals surface area (Å²) in [7, 11) is 1.56. The first kappa shape index (κ1) is 19.3. The van der Waals surface area contributed by atoms with E-state index in [1.54, 1.807) is 7.05 Å². The molecule has 5 amide bonds. The molecule has 1 atom stereocenters. The Morgan fingerprint density at radius 3 is 2.78 bits per heavy atom. The van der Waals surface area contributed by atoms with Crippen molar-refractivity contribution >= 4 is 35.1 Å². The van der Waals surface area contributed by atoms with E-state index in [0.29, 0.717) is 17.2 Å². The third-order valence-electron chi connectivity index (χ3n) is 4.88. The molecule has 0 aromatic carbocycles. The Kier molecular flexibility index (Phi) is 5.79. The molecule has 1 aliphatic carbocycles. The Morgan fingerprint density at radius 1 is 1.30 bits per heavy atom. The average molecular weight is 392 g/mol. The summed E-state index contributed by atoms with van der Waals surface area (Å²) in [6.07, 6.45) is 3.60. The Morgan fingerprint density at radius 2 is 2.07 bits per heavy atom. The highest BCUT2D eigenvalue weighted by Gasteiger charge is 2.32. The van der Waals surface area contributed by atoms with Crippen molar-refractivity contribution in [3.05, 3.63) is 21.4 Å². The molecule has 146 valence electrons. The van der Waals surface area contributed by atoms with Gasteiger partial charge in [0.25, 0.3) is 5.91 Å². The standard InChI is InChI=1S/C18H24N4O4S/c1-11-5-6-13-12(8-11)9-14(27-13)17(25)20-19-15(23)4-3-7-22-16(24)10-21(2)18(22)26/h9,11H,3-8,10H2,1-2H3,(H,19,23)(H,20,25)/t11-/m0/s1. The first-order valence-corrected chi connectivity index (χ1v) is 9.93. The van der Waals surface area contributed by atoms with Crippen molar-refractivity contribution < 1.29 is 19.2 Å². The molecule has 27 heavy (non-hydrogen) atoms. The monoisotopic (exact) mass is 392 g/mol. The van der Waals surface area contributed by atoms with Crippen molar-refractivity contribution in [2.75, 3.05) is 20.1 Å². The molecule has 8 nitrogen and oxygen atoms in total. The number of likely N-dealkylation sites (N-methyl/N-ethyl adjacent to an activating group) is 1. The normalized spacial score (nSPS) is 19.3. The number of thiophene rings is 1. The molecule has 0 saturated carbocycles. The van der Waals surface area contributed by atoms with Crippen LogP contribution in [-0.4, -0.2) is 53.7 Å². The van der Waals surface area contributed by atoms with Gasteiger partial charge in [0, 0.05) is 24.9 Å². The van der Waals surface area contributed by atoms with Gasteiger partial charge in [0.05, 0.1) is 4.88 Å². The molecular formula is C18H24N4O4S. The topological polar surface area (TPSA) is 98.8 Å². The van der Waals surface area contributed by atoms with E-state index in [1.807, 2.05) is 6.07 Å². The van der Waals surface area contributed by atoms with Crippen LogP contribution >= 0.6 is 11.3 Å². The number of urea groups is 1. The van der Waals surface area contributed by atoms with Gasteiger partial charge < -0.3 is 4.90 Å². The maximum Gasteiger partial charge on any atom is 0.326 e. The fourth-order valence-electron chi connectivity index (χ4n) is 3.35. The SMILES string of the molecule is C[C@H]1CCc2sc(C(=O)NNC(=O)CCCN3C(=O)CN(C)C3=O)cc2C1. The molecule has 2 N–H and O–H groups in total. The molecule has 0 unspecified atom stereocenters. The summed E-state index contributed by atoms with van der Waals surface area (Å²) in [5.41, 5.74) is 6.07. The number of hydrogen-bond donors (Lipinski definition) is 2. The first-order chi connectivity index (χ1) is 12.8. The lowest BCUT2D eigenvalue weighted by Crippen LogP contribution is -2.41. The molecule has 9 heteroatoms. The molecule has 0 radical (unpaired) electrons. The Hall–Kier alpha value is -2.42. The number of imide groups is 1. The van der Waals surface area contributed by atoms with E-state index in [9.17, 15) is 19.2 Å². The summed E-state index contributed by atoms with van der Waals surface area (Å²) in [6.45, 7) is 2.48. The number of nitrogens with zero attached hydrogens (tertiary/aromatic N) is 2. The van der Waals surface area contributed by atoms with Crippen LogP contribution in [0.2, 0.25) is 0 Å². The lowest BCUT2D eigenvalue weighted by atomic mass is 9.90. The zero-order chi connectivity index (χ0) is 19.6. The molecule has 2 heterocycles. The highest BCUT2D eigenvalue weighted by molar-refractivity contribution is 7.14. The molecule has 1 saturated heterocycles. The quantitative estimate of drug-likeness (QED) is 0.583. The first-order valence-electron chi connectivity index (χ1n) is 9.11. The number of hydrazine groups is 1. The predicted octanol–water partition coefficient (Wildman–Crippen LogP) is 1.31. The number of carbonyl (C=O) groups excluding carboxylic acids is 4. The summed E-state index contributed by atoms with van der Waals surface area (Å²) in [4.78, 5) is 51.9. The van der Waals surface area contributed by atoms with Gasteiger partial charge in [0.2, 0.25) is 11.8 Å². The number of amides is 5. The molecular weight excluding hydrogens is 368 g/mol. The van der Waals surface area contributed by atoms with Gasteiger partial charge >= 0.3 is 6.03 Å². The van der Waals surface area contributed by atoms with Gasteiger partial charge in [-0.15, -0.1) is 11.3 Å². The van der Waals surface area contributed by atoms with Crippen LogP contribution in [0.1, 0.15) is 46.3 Å². The van der Waals surface area contributed by atoms with E-state index < -0.39 is 0 Å². The fraction of sp³-hybridized carbons (Fsp3) is 0.556. The van der Waals surface area contributed by atoms with Crippen molar-refractivity contribution in [1.82, 2.24) is 20.7 Å². The zero-order valence-electron chi connectivity index (χ0n) is 15.5. The number of aryl methyl sites for hydroxylation is 1. The third kappa shape index (κ3) is 4.47. The molecule has 1 aromatic heterocycles. The number of nitrogens with one attached hydrogen (secondary N) is 2. The van der Waals surface area contributed by atoms with E-state index in [0.717, 1.165) is 24.2 Å². The van der Waals surface area contributed by atoms with Gasteiger partial charge in [-0.05, 0) is 43.2 Å². The van der Waals surface area contributed by atoms with E-state index in [1.165, 1.54) is 26.7 Å². The van der Waals surface area contributed by atoms with E-state index in [4.69, 9.17) is 0 Å². The van der Waals surface area contributed by atoms with E-state index >= 15 is 0 Å². The fourth-order valence-corrected chi connectivity index (χ4v) is 4.46. The van der Waals surface area contributed by atoms with Crippen molar-refractivity contribution in [3.8, 4) is 0 Å². The smallest absolute Gasteiger partial charge is 0.318 e. The summed E-state index contributed by atoms with van der Waals surface area (Å²) in [5.74, 6) is -0.295. The minimum absolute atomic E-state index is 0.0741. The van der Waals surface area contributed by atoms with Gasteiger partial charge in [-0.3, -0.25) is 30.1 Å².